The Kier molecular flexibility index (Phi) is 4.17. The highest BCUT2D eigenvalue weighted by Gasteiger charge is 2.33. The van der Waals surface area contributed by atoms with Gasteiger partial charge in [-0.3, -0.25) is 4.79 Å². The third kappa shape index (κ3) is 3.72. The summed E-state index contributed by atoms with van der Waals surface area (Å²) in [6.07, 6.45) is -2.97. The monoisotopic (exact) mass is 315 g/mol. The molecule has 0 saturated carbocycles. The van der Waals surface area contributed by atoms with Gasteiger partial charge < -0.3 is 11.1 Å². The van der Waals surface area contributed by atoms with Gasteiger partial charge in [0.1, 0.15) is 0 Å². The van der Waals surface area contributed by atoms with Crippen molar-refractivity contribution < 1.29 is 18.0 Å². The lowest BCUT2D eigenvalue weighted by molar-refractivity contribution is -0.136. The number of carbonyl (C=O) groups is 1. The first-order valence-electron chi connectivity index (χ1n) is 5.93. The second kappa shape index (κ2) is 5.72. The smallest absolute Gasteiger partial charge is 0.398 e. The molecule has 3 N–H and O–H groups in total. The molecule has 2 aromatic rings. The maximum Gasteiger partial charge on any atom is 0.418 e. The minimum atomic E-state index is -4.59. The molecule has 0 radical (unpaired) electrons. The Balaban J connectivity index is 2.12. The Hall–Kier alpha value is -2.09. The zero-order valence-electron chi connectivity index (χ0n) is 11.0. The molecular weight excluding hydrogens is 303 g/mol. The van der Waals surface area contributed by atoms with Crippen molar-refractivity contribution in [3.8, 4) is 0 Å². The zero-order chi connectivity index (χ0) is 15.6. The van der Waals surface area contributed by atoms with Crippen LogP contribution in [-0.2, 0) is 12.7 Å². The van der Waals surface area contributed by atoms with E-state index in [1.165, 1.54) is 17.4 Å². The van der Waals surface area contributed by atoms with Crippen LogP contribution in [0.2, 0.25) is 0 Å². The fourth-order valence-electron chi connectivity index (χ4n) is 1.70. The van der Waals surface area contributed by atoms with Crippen molar-refractivity contribution in [2.24, 2.45) is 0 Å². The van der Waals surface area contributed by atoms with Crippen LogP contribution in [0.4, 0.5) is 18.9 Å². The van der Waals surface area contributed by atoms with Crippen molar-refractivity contribution in [3.05, 3.63) is 45.4 Å². The minimum Gasteiger partial charge on any atom is -0.398 e. The highest BCUT2D eigenvalue weighted by atomic mass is 32.1. The van der Waals surface area contributed by atoms with E-state index in [1.807, 2.05) is 6.92 Å². The van der Waals surface area contributed by atoms with Crippen molar-refractivity contribution in [2.75, 3.05) is 5.73 Å². The van der Waals surface area contributed by atoms with E-state index >= 15 is 0 Å². The number of benzene rings is 1. The standard InChI is InChI=1S/C13H12F3N3OS/c1-7-18-5-9(21-7)6-19-12(20)8-2-3-11(17)10(4-8)13(14,15)16/h2-5H,6,17H2,1H3,(H,19,20). The van der Waals surface area contributed by atoms with Gasteiger partial charge in [0.15, 0.2) is 0 Å². The van der Waals surface area contributed by atoms with E-state index in [0.717, 1.165) is 22.0 Å². The summed E-state index contributed by atoms with van der Waals surface area (Å²) in [5.74, 6) is -0.591. The molecule has 112 valence electrons. The lowest BCUT2D eigenvalue weighted by Crippen LogP contribution is -2.23. The van der Waals surface area contributed by atoms with Crippen LogP contribution < -0.4 is 11.1 Å². The highest BCUT2D eigenvalue weighted by Crippen LogP contribution is 2.34. The van der Waals surface area contributed by atoms with Gasteiger partial charge in [0, 0.05) is 22.3 Å². The predicted molar refractivity (Wildman–Crippen MR) is 73.9 cm³/mol. The summed E-state index contributed by atoms with van der Waals surface area (Å²) in [7, 11) is 0. The number of aryl methyl sites for hydroxylation is 1. The number of halogens is 3. The molecule has 0 fully saturated rings. The number of carbonyl (C=O) groups excluding carboxylic acids is 1. The lowest BCUT2D eigenvalue weighted by atomic mass is 10.1. The first-order chi connectivity index (χ1) is 9.77. The summed E-state index contributed by atoms with van der Waals surface area (Å²) in [6.45, 7) is 2.04. The van der Waals surface area contributed by atoms with Gasteiger partial charge in [-0.05, 0) is 25.1 Å². The van der Waals surface area contributed by atoms with Gasteiger partial charge in [0.05, 0.1) is 17.1 Å². The first kappa shape index (κ1) is 15.3. The van der Waals surface area contributed by atoms with Crippen LogP contribution in [0.3, 0.4) is 0 Å². The molecule has 8 heteroatoms. The van der Waals surface area contributed by atoms with Gasteiger partial charge in [0.25, 0.3) is 5.91 Å². The number of nitrogens with zero attached hydrogens (tertiary/aromatic N) is 1. The van der Waals surface area contributed by atoms with Gasteiger partial charge in [-0.25, -0.2) is 4.98 Å². The number of thiazole rings is 1. The van der Waals surface area contributed by atoms with Crippen molar-refractivity contribution in [2.45, 2.75) is 19.6 Å². The number of hydrogen-bond donors (Lipinski definition) is 2. The number of rotatable bonds is 3. The van der Waals surface area contributed by atoms with Crippen LogP contribution in [0.15, 0.2) is 24.4 Å². The number of amides is 1. The third-order valence-corrected chi connectivity index (χ3v) is 3.63. The number of anilines is 1. The molecule has 1 amide bonds. The van der Waals surface area contributed by atoms with Crippen molar-refractivity contribution in [1.29, 1.82) is 0 Å². The number of nitrogen functional groups attached to an aromatic ring is 1. The molecule has 0 saturated heterocycles. The van der Waals surface area contributed by atoms with Crippen molar-refractivity contribution in [3.63, 3.8) is 0 Å². The molecule has 4 nitrogen and oxygen atoms in total. The largest absolute Gasteiger partial charge is 0.418 e. The molecule has 21 heavy (non-hydrogen) atoms. The van der Waals surface area contributed by atoms with E-state index in [0.29, 0.717) is 0 Å². The van der Waals surface area contributed by atoms with Crippen molar-refractivity contribution in [1.82, 2.24) is 10.3 Å². The average Bonchev–Trinajstić information content (AvgIpc) is 2.81. The van der Waals surface area contributed by atoms with Crippen LogP contribution in [0.1, 0.15) is 25.8 Å². The van der Waals surface area contributed by atoms with Crippen LogP contribution in [0, 0.1) is 6.92 Å². The van der Waals surface area contributed by atoms with Gasteiger partial charge in [-0.1, -0.05) is 0 Å². The summed E-state index contributed by atoms with van der Waals surface area (Å²) >= 11 is 1.41. The van der Waals surface area contributed by atoms with E-state index in [9.17, 15) is 18.0 Å². The highest BCUT2D eigenvalue weighted by molar-refractivity contribution is 7.11. The number of alkyl halides is 3. The zero-order valence-corrected chi connectivity index (χ0v) is 11.8. The second-order valence-corrected chi connectivity index (χ2v) is 5.65. The summed E-state index contributed by atoms with van der Waals surface area (Å²) in [5, 5.41) is 3.40. The van der Waals surface area contributed by atoms with E-state index in [-0.39, 0.29) is 12.1 Å². The van der Waals surface area contributed by atoms with Crippen LogP contribution >= 0.6 is 11.3 Å². The molecular formula is C13H12F3N3OS. The molecule has 0 aliphatic rings. The van der Waals surface area contributed by atoms with Crippen LogP contribution in [0.25, 0.3) is 0 Å². The Labute approximate surface area is 122 Å². The fourth-order valence-corrected chi connectivity index (χ4v) is 2.43. The van der Waals surface area contributed by atoms with E-state index in [1.54, 1.807) is 6.20 Å². The number of nitrogens with two attached hydrogens (primary N) is 1. The quantitative estimate of drug-likeness (QED) is 0.856. The molecule has 1 heterocycles. The topological polar surface area (TPSA) is 68.0 Å². The second-order valence-electron chi connectivity index (χ2n) is 4.33. The third-order valence-electron chi connectivity index (χ3n) is 2.71. The molecule has 0 unspecified atom stereocenters. The van der Waals surface area contributed by atoms with Gasteiger partial charge in [-0.2, -0.15) is 13.2 Å². The maximum absolute atomic E-state index is 12.7. The van der Waals surface area contributed by atoms with E-state index < -0.39 is 23.3 Å². The fraction of sp³-hybridized carbons (Fsp3) is 0.231. The Morgan fingerprint density at radius 2 is 2.14 bits per heavy atom. The molecule has 1 aromatic heterocycles. The van der Waals surface area contributed by atoms with E-state index in [2.05, 4.69) is 10.3 Å². The first-order valence-corrected chi connectivity index (χ1v) is 6.75. The van der Waals surface area contributed by atoms with Gasteiger partial charge in [0.2, 0.25) is 0 Å². The Bertz CT molecular complexity index is 667. The van der Waals surface area contributed by atoms with Gasteiger partial charge >= 0.3 is 6.18 Å². The van der Waals surface area contributed by atoms with Gasteiger partial charge in [-0.15, -0.1) is 11.3 Å². The molecule has 0 aliphatic carbocycles. The van der Waals surface area contributed by atoms with E-state index in [4.69, 9.17) is 5.73 Å². The molecule has 0 bridgehead atoms. The van der Waals surface area contributed by atoms with Crippen molar-refractivity contribution >= 4 is 22.9 Å². The predicted octanol–water partition coefficient (Wildman–Crippen LogP) is 2.98. The molecule has 2 rings (SSSR count). The Morgan fingerprint density at radius 1 is 1.43 bits per heavy atom. The number of aromatic nitrogens is 1. The summed E-state index contributed by atoms with van der Waals surface area (Å²) in [4.78, 5) is 16.7. The minimum absolute atomic E-state index is 0.0854. The van der Waals surface area contributed by atoms with Crippen LogP contribution in [-0.4, -0.2) is 10.9 Å². The summed E-state index contributed by atoms with van der Waals surface area (Å²) in [6, 6.07) is 3.09. The molecule has 0 spiro atoms. The Morgan fingerprint density at radius 3 is 2.71 bits per heavy atom. The molecule has 0 aliphatic heterocycles. The lowest BCUT2D eigenvalue weighted by Gasteiger charge is -2.11. The normalized spacial score (nSPS) is 11.4. The molecule has 0 atom stereocenters. The maximum atomic E-state index is 12.7. The summed E-state index contributed by atoms with van der Waals surface area (Å²) < 4.78 is 38.2. The average molecular weight is 315 g/mol. The number of nitrogens with one attached hydrogen (secondary N) is 1. The molecule has 1 aromatic carbocycles. The summed E-state index contributed by atoms with van der Waals surface area (Å²) in [5.41, 5.74) is 3.78. The number of hydrogen-bond acceptors (Lipinski definition) is 4. The SMILES string of the molecule is Cc1ncc(CNC(=O)c2ccc(N)c(C(F)(F)F)c2)s1. The van der Waals surface area contributed by atoms with Crippen LogP contribution in [0.5, 0.6) is 0 Å².